The number of amides is 1. The third-order valence-electron chi connectivity index (χ3n) is 4.49. The number of ether oxygens (including phenoxy) is 2. The lowest BCUT2D eigenvalue weighted by Gasteiger charge is -2.21. The lowest BCUT2D eigenvalue weighted by atomic mass is 10.1. The summed E-state index contributed by atoms with van der Waals surface area (Å²) >= 11 is 1.66. The molecule has 1 aromatic carbocycles. The minimum Gasteiger partial charge on any atom is -0.493 e. The summed E-state index contributed by atoms with van der Waals surface area (Å²) in [6.07, 6.45) is 0. The van der Waals surface area contributed by atoms with E-state index >= 15 is 0 Å². The normalized spacial score (nSPS) is 10.7. The molecule has 6 heteroatoms. The lowest BCUT2D eigenvalue weighted by Crippen LogP contribution is -2.30. The Morgan fingerprint density at radius 3 is 2.61 bits per heavy atom. The predicted octanol–water partition coefficient (Wildman–Crippen LogP) is 5.21. The van der Waals surface area contributed by atoms with Gasteiger partial charge in [0.15, 0.2) is 11.5 Å². The van der Waals surface area contributed by atoms with Crippen molar-refractivity contribution in [3.63, 3.8) is 0 Å². The van der Waals surface area contributed by atoms with Gasteiger partial charge in [0.05, 0.1) is 12.7 Å². The maximum atomic E-state index is 12.9. The Labute approximate surface area is 169 Å². The van der Waals surface area contributed by atoms with E-state index in [4.69, 9.17) is 13.9 Å². The van der Waals surface area contributed by atoms with Crippen LogP contribution in [0.5, 0.6) is 11.5 Å². The number of methoxy groups -OCH3 is 1. The molecule has 0 aliphatic heterocycles. The van der Waals surface area contributed by atoms with Crippen LogP contribution in [0.2, 0.25) is 0 Å². The molecule has 3 aromatic rings. The van der Waals surface area contributed by atoms with Crippen LogP contribution < -0.4 is 9.47 Å². The van der Waals surface area contributed by atoms with Crippen molar-refractivity contribution < 1.29 is 18.7 Å². The number of hydrogen-bond donors (Lipinski definition) is 0. The van der Waals surface area contributed by atoms with Crippen LogP contribution in [-0.2, 0) is 13.2 Å². The summed E-state index contributed by atoms with van der Waals surface area (Å²) in [5, 5.41) is 2.03. The van der Waals surface area contributed by atoms with Gasteiger partial charge in [-0.3, -0.25) is 4.79 Å². The van der Waals surface area contributed by atoms with Gasteiger partial charge in [-0.05, 0) is 56.0 Å². The van der Waals surface area contributed by atoms with Crippen molar-refractivity contribution in [2.24, 2.45) is 0 Å². The summed E-state index contributed by atoms with van der Waals surface area (Å²) in [5.74, 6) is 2.71. The van der Waals surface area contributed by atoms with E-state index in [-0.39, 0.29) is 5.91 Å². The topological polar surface area (TPSA) is 51.9 Å². The molecule has 2 heterocycles. The van der Waals surface area contributed by atoms with E-state index in [1.54, 1.807) is 29.4 Å². The van der Waals surface area contributed by atoms with Crippen LogP contribution in [-0.4, -0.2) is 24.5 Å². The minimum atomic E-state index is -0.0335. The van der Waals surface area contributed by atoms with Crippen molar-refractivity contribution in [3.05, 3.63) is 69.3 Å². The molecule has 0 saturated heterocycles. The Hall–Kier alpha value is -2.73. The number of carbonyl (C=O) groups is 1. The van der Waals surface area contributed by atoms with Crippen molar-refractivity contribution in [3.8, 4) is 11.5 Å². The highest BCUT2D eigenvalue weighted by molar-refractivity contribution is 7.09. The number of hydrogen-bond acceptors (Lipinski definition) is 5. The van der Waals surface area contributed by atoms with E-state index in [1.165, 1.54) is 0 Å². The fraction of sp³-hybridized carbons (Fsp3) is 0.318. The van der Waals surface area contributed by atoms with E-state index in [2.05, 4.69) is 0 Å². The van der Waals surface area contributed by atoms with Crippen molar-refractivity contribution >= 4 is 17.2 Å². The Kier molecular flexibility index (Phi) is 6.41. The molecule has 0 aliphatic rings. The quantitative estimate of drug-likeness (QED) is 0.522. The van der Waals surface area contributed by atoms with Crippen LogP contribution in [0.1, 0.15) is 39.2 Å². The molecular weight excluding hydrogens is 374 g/mol. The maximum absolute atomic E-state index is 12.9. The van der Waals surface area contributed by atoms with Gasteiger partial charge in [-0.2, -0.15) is 0 Å². The lowest BCUT2D eigenvalue weighted by molar-refractivity contribution is 0.0750. The minimum absolute atomic E-state index is 0.0335. The molecule has 5 nitrogen and oxygen atoms in total. The molecule has 0 unspecified atom stereocenters. The highest BCUT2D eigenvalue weighted by atomic mass is 32.1. The number of benzene rings is 1. The molecule has 0 bridgehead atoms. The van der Waals surface area contributed by atoms with Crippen LogP contribution in [0.25, 0.3) is 0 Å². The molecule has 3 rings (SSSR count). The Balaban J connectivity index is 1.73. The first kappa shape index (κ1) is 20.0. The largest absolute Gasteiger partial charge is 0.493 e. The second-order valence-electron chi connectivity index (χ2n) is 6.50. The van der Waals surface area contributed by atoms with Crippen LogP contribution in [0, 0.1) is 13.8 Å². The van der Waals surface area contributed by atoms with Crippen molar-refractivity contribution in [2.45, 2.75) is 33.9 Å². The van der Waals surface area contributed by atoms with Gasteiger partial charge in [-0.15, -0.1) is 11.3 Å². The predicted molar refractivity (Wildman–Crippen MR) is 110 cm³/mol. The average molecular weight is 400 g/mol. The van der Waals surface area contributed by atoms with Gasteiger partial charge < -0.3 is 18.8 Å². The molecule has 1 amide bonds. The fourth-order valence-electron chi connectivity index (χ4n) is 3.03. The van der Waals surface area contributed by atoms with Crippen LogP contribution in [0.4, 0.5) is 0 Å². The molecule has 0 spiro atoms. The zero-order valence-corrected chi connectivity index (χ0v) is 17.5. The molecule has 0 saturated carbocycles. The van der Waals surface area contributed by atoms with Gasteiger partial charge >= 0.3 is 0 Å². The van der Waals surface area contributed by atoms with Crippen molar-refractivity contribution in [1.82, 2.24) is 4.90 Å². The number of rotatable bonds is 8. The zero-order chi connectivity index (χ0) is 20.1. The molecule has 0 radical (unpaired) electrons. The summed E-state index contributed by atoms with van der Waals surface area (Å²) in [6.45, 7) is 7.22. The Morgan fingerprint density at radius 2 is 2.00 bits per heavy atom. The maximum Gasteiger partial charge on any atom is 0.257 e. The highest BCUT2D eigenvalue weighted by Crippen LogP contribution is 2.30. The van der Waals surface area contributed by atoms with E-state index in [0.29, 0.717) is 42.5 Å². The molecular formula is C22H25NO4S. The van der Waals surface area contributed by atoms with E-state index in [0.717, 1.165) is 16.2 Å². The van der Waals surface area contributed by atoms with Gasteiger partial charge in [0, 0.05) is 18.0 Å². The van der Waals surface area contributed by atoms with Crippen molar-refractivity contribution in [2.75, 3.05) is 13.7 Å². The summed E-state index contributed by atoms with van der Waals surface area (Å²) < 4.78 is 16.9. The van der Waals surface area contributed by atoms with Crippen LogP contribution >= 0.6 is 11.3 Å². The van der Waals surface area contributed by atoms with Crippen LogP contribution in [0.15, 0.2) is 46.2 Å². The van der Waals surface area contributed by atoms with E-state index in [1.807, 2.05) is 56.5 Å². The Bertz CT molecular complexity index is 930. The first-order chi connectivity index (χ1) is 13.5. The number of carbonyl (C=O) groups excluding carboxylic acids is 1. The van der Waals surface area contributed by atoms with Gasteiger partial charge in [0.2, 0.25) is 0 Å². The monoisotopic (exact) mass is 399 g/mol. The average Bonchev–Trinajstić information content (AvgIpc) is 3.33. The van der Waals surface area contributed by atoms with Gasteiger partial charge in [0.25, 0.3) is 5.91 Å². The summed E-state index contributed by atoms with van der Waals surface area (Å²) in [4.78, 5) is 15.8. The first-order valence-corrected chi connectivity index (χ1v) is 10.1. The second kappa shape index (κ2) is 8.97. The third-order valence-corrected chi connectivity index (χ3v) is 5.34. The molecule has 0 aliphatic carbocycles. The first-order valence-electron chi connectivity index (χ1n) is 9.20. The summed E-state index contributed by atoms with van der Waals surface area (Å²) in [5.41, 5.74) is 1.59. The highest BCUT2D eigenvalue weighted by Gasteiger charge is 2.20. The number of furan rings is 1. The zero-order valence-electron chi connectivity index (χ0n) is 16.7. The van der Waals surface area contributed by atoms with Gasteiger partial charge in [-0.1, -0.05) is 12.1 Å². The number of aryl methyl sites for hydroxylation is 2. The van der Waals surface area contributed by atoms with Crippen LogP contribution in [0.3, 0.4) is 0 Å². The Morgan fingerprint density at radius 1 is 1.18 bits per heavy atom. The van der Waals surface area contributed by atoms with Crippen molar-refractivity contribution in [1.29, 1.82) is 0 Å². The fourth-order valence-corrected chi connectivity index (χ4v) is 3.65. The van der Waals surface area contributed by atoms with Gasteiger partial charge in [-0.25, -0.2) is 0 Å². The van der Waals surface area contributed by atoms with Gasteiger partial charge in [0.1, 0.15) is 18.1 Å². The molecule has 0 atom stereocenters. The van der Waals surface area contributed by atoms with E-state index < -0.39 is 0 Å². The molecule has 2 aromatic heterocycles. The number of thiophene rings is 1. The SMILES string of the molecule is CCN(Cc1ccc(OCc2cccs2)c(OC)c1)C(=O)c1cc(C)oc1C. The summed E-state index contributed by atoms with van der Waals surface area (Å²) in [7, 11) is 1.62. The molecule has 28 heavy (non-hydrogen) atoms. The molecule has 0 fully saturated rings. The second-order valence-corrected chi connectivity index (χ2v) is 7.53. The molecule has 148 valence electrons. The smallest absolute Gasteiger partial charge is 0.257 e. The standard InChI is InChI=1S/C22H25NO4S/c1-5-23(22(24)19-11-15(2)27-16(19)3)13-17-8-9-20(21(12-17)25-4)26-14-18-7-6-10-28-18/h6-12H,5,13-14H2,1-4H3. The third kappa shape index (κ3) is 4.57. The van der Waals surface area contributed by atoms with E-state index in [9.17, 15) is 4.79 Å². The molecule has 0 N–H and O–H groups in total. The number of nitrogens with zero attached hydrogens (tertiary/aromatic N) is 1. The summed E-state index contributed by atoms with van der Waals surface area (Å²) in [6, 6.07) is 11.6.